The molecule has 27 heavy (non-hydrogen) atoms. The SMILES string of the molecule is CN=C(NCCNC(=O)C(C)C)NCc1ccc(N2CCCC2=O)cc1.I. The first-order chi connectivity index (χ1) is 12.5. The highest BCUT2D eigenvalue weighted by molar-refractivity contribution is 14.0. The molecule has 0 radical (unpaired) electrons. The van der Waals surface area contributed by atoms with Gasteiger partial charge in [0, 0.05) is 51.3 Å². The minimum absolute atomic E-state index is 0. The average molecular weight is 487 g/mol. The van der Waals surface area contributed by atoms with Crippen LogP contribution >= 0.6 is 24.0 Å². The molecule has 0 atom stereocenters. The Labute approximate surface area is 178 Å². The number of carbonyl (C=O) groups is 2. The molecule has 3 N–H and O–H groups in total. The fourth-order valence-corrected chi connectivity index (χ4v) is 2.69. The van der Waals surface area contributed by atoms with E-state index in [9.17, 15) is 9.59 Å². The van der Waals surface area contributed by atoms with Crippen LogP contribution in [0.15, 0.2) is 29.3 Å². The maximum absolute atomic E-state index is 11.8. The summed E-state index contributed by atoms with van der Waals surface area (Å²) in [4.78, 5) is 29.3. The number of hydrogen-bond donors (Lipinski definition) is 3. The van der Waals surface area contributed by atoms with Gasteiger partial charge in [-0.1, -0.05) is 26.0 Å². The molecule has 1 aliphatic rings. The highest BCUT2D eigenvalue weighted by Crippen LogP contribution is 2.21. The molecule has 2 amide bonds. The van der Waals surface area contributed by atoms with Crippen LogP contribution in [0.2, 0.25) is 0 Å². The molecule has 1 aromatic rings. The monoisotopic (exact) mass is 487 g/mol. The van der Waals surface area contributed by atoms with Crippen LogP contribution in [0.25, 0.3) is 0 Å². The van der Waals surface area contributed by atoms with Crippen LogP contribution in [0, 0.1) is 5.92 Å². The van der Waals surface area contributed by atoms with Crippen molar-refractivity contribution in [2.45, 2.75) is 33.2 Å². The van der Waals surface area contributed by atoms with E-state index in [0.29, 0.717) is 32.0 Å². The number of benzene rings is 1. The van der Waals surface area contributed by atoms with E-state index in [1.165, 1.54) is 0 Å². The average Bonchev–Trinajstić information content (AvgIpc) is 3.07. The summed E-state index contributed by atoms with van der Waals surface area (Å²) in [5.41, 5.74) is 2.07. The van der Waals surface area contributed by atoms with Crippen LogP contribution in [0.3, 0.4) is 0 Å². The van der Waals surface area contributed by atoms with E-state index >= 15 is 0 Å². The number of carbonyl (C=O) groups excluding carboxylic acids is 2. The van der Waals surface area contributed by atoms with Crippen molar-refractivity contribution in [3.63, 3.8) is 0 Å². The molecule has 0 saturated carbocycles. The lowest BCUT2D eigenvalue weighted by Crippen LogP contribution is -2.41. The molecular formula is C19H30IN5O2. The van der Waals surface area contributed by atoms with Crippen LogP contribution in [0.1, 0.15) is 32.3 Å². The predicted molar refractivity (Wildman–Crippen MR) is 119 cm³/mol. The summed E-state index contributed by atoms with van der Waals surface area (Å²) >= 11 is 0. The van der Waals surface area contributed by atoms with E-state index in [0.717, 1.165) is 24.2 Å². The van der Waals surface area contributed by atoms with Gasteiger partial charge in [0.25, 0.3) is 0 Å². The Morgan fingerprint density at radius 3 is 2.37 bits per heavy atom. The number of anilines is 1. The zero-order valence-electron chi connectivity index (χ0n) is 16.2. The van der Waals surface area contributed by atoms with E-state index in [2.05, 4.69) is 20.9 Å². The number of aliphatic imine (C=N–C) groups is 1. The first-order valence-corrected chi connectivity index (χ1v) is 9.13. The van der Waals surface area contributed by atoms with E-state index in [4.69, 9.17) is 0 Å². The van der Waals surface area contributed by atoms with Crippen molar-refractivity contribution < 1.29 is 9.59 Å². The van der Waals surface area contributed by atoms with E-state index in [-0.39, 0.29) is 41.7 Å². The van der Waals surface area contributed by atoms with E-state index < -0.39 is 0 Å². The van der Waals surface area contributed by atoms with Crippen LogP contribution in [0.5, 0.6) is 0 Å². The van der Waals surface area contributed by atoms with Crippen molar-refractivity contribution in [3.8, 4) is 0 Å². The molecule has 1 saturated heterocycles. The molecule has 2 rings (SSSR count). The molecule has 0 aliphatic carbocycles. The van der Waals surface area contributed by atoms with Gasteiger partial charge in [0.2, 0.25) is 11.8 Å². The maximum atomic E-state index is 11.8. The highest BCUT2D eigenvalue weighted by atomic mass is 127. The van der Waals surface area contributed by atoms with Crippen LogP contribution in [-0.2, 0) is 16.1 Å². The Hall–Kier alpha value is -1.84. The summed E-state index contributed by atoms with van der Waals surface area (Å²) in [7, 11) is 1.71. The molecule has 1 heterocycles. The van der Waals surface area contributed by atoms with Gasteiger partial charge in [0.15, 0.2) is 5.96 Å². The largest absolute Gasteiger partial charge is 0.355 e. The molecular weight excluding hydrogens is 457 g/mol. The summed E-state index contributed by atoms with van der Waals surface area (Å²) in [5.74, 6) is 0.921. The van der Waals surface area contributed by atoms with Crippen molar-refractivity contribution in [2.24, 2.45) is 10.9 Å². The third-order valence-electron chi connectivity index (χ3n) is 4.25. The first-order valence-electron chi connectivity index (χ1n) is 9.13. The minimum atomic E-state index is -0.00809. The van der Waals surface area contributed by atoms with E-state index in [1.807, 2.05) is 43.0 Å². The molecule has 8 heteroatoms. The summed E-state index contributed by atoms with van der Waals surface area (Å²) < 4.78 is 0. The van der Waals surface area contributed by atoms with Gasteiger partial charge in [0.05, 0.1) is 0 Å². The number of amides is 2. The van der Waals surface area contributed by atoms with Crippen molar-refractivity contribution in [1.82, 2.24) is 16.0 Å². The Kier molecular flexibility index (Phi) is 10.1. The molecule has 150 valence electrons. The number of guanidine groups is 1. The van der Waals surface area contributed by atoms with Crippen molar-refractivity contribution in [1.29, 1.82) is 0 Å². The summed E-state index contributed by atoms with van der Waals surface area (Å²) in [6.45, 7) is 6.33. The van der Waals surface area contributed by atoms with Gasteiger partial charge < -0.3 is 20.9 Å². The van der Waals surface area contributed by atoms with Gasteiger partial charge in [-0.3, -0.25) is 14.6 Å². The number of nitrogens with one attached hydrogen (secondary N) is 3. The molecule has 0 spiro atoms. The minimum Gasteiger partial charge on any atom is -0.355 e. The second-order valence-corrected chi connectivity index (χ2v) is 6.61. The van der Waals surface area contributed by atoms with Crippen molar-refractivity contribution in [3.05, 3.63) is 29.8 Å². The summed E-state index contributed by atoms with van der Waals surface area (Å²) in [5, 5.41) is 9.26. The van der Waals surface area contributed by atoms with Crippen LogP contribution in [0.4, 0.5) is 5.69 Å². The number of rotatable bonds is 7. The van der Waals surface area contributed by atoms with Gasteiger partial charge in [-0.15, -0.1) is 24.0 Å². The van der Waals surface area contributed by atoms with Crippen LogP contribution < -0.4 is 20.9 Å². The van der Waals surface area contributed by atoms with Gasteiger partial charge in [-0.25, -0.2) is 0 Å². The van der Waals surface area contributed by atoms with Gasteiger partial charge in [0.1, 0.15) is 0 Å². The van der Waals surface area contributed by atoms with Crippen molar-refractivity contribution in [2.75, 3.05) is 31.6 Å². The lowest BCUT2D eigenvalue weighted by atomic mass is 10.2. The number of hydrogen-bond acceptors (Lipinski definition) is 3. The molecule has 0 aromatic heterocycles. The van der Waals surface area contributed by atoms with Gasteiger partial charge in [-0.05, 0) is 24.1 Å². The topological polar surface area (TPSA) is 85.8 Å². The second-order valence-electron chi connectivity index (χ2n) is 6.61. The highest BCUT2D eigenvalue weighted by Gasteiger charge is 2.21. The van der Waals surface area contributed by atoms with E-state index in [1.54, 1.807) is 7.05 Å². The smallest absolute Gasteiger partial charge is 0.227 e. The Morgan fingerprint density at radius 2 is 1.81 bits per heavy atom. The third-order valence-corrected chi connectivity index (χ3v) is 4.25. The Morgan fingerprint density at radius 1 is 1.15 bits per heavy atom. The molecule has 7 nitrogen and oxygen atoms in total. The first kappa shape index (κ1) is 23.2. The van der Waals surface area contributed by atoms with Crippen molar-refractivity contribution >= 4 is 47.4 Å². The molecule has 1 aliphatic heterocycles. The fraction of sp³-hybridized carbons (Fsp3) is 0.526. The molecule has 0 bridgehead atoms. The molecule has 1 aromatic carbocycles. The Balaban J connectivity index is 0.00000364. The van der Waals surface area contributed by atoms with Gasteiger partial charge >= 0.3 is 0 Å². The fourth-order valence-electron chi connectivity index (χ4n) is 2.69. The zero-order valence-corrected chi connectivity index (χ0v) is 18.6. The standard InChI is InChI=1S/C19H29N5O2.HI/c1-14(2)18(26)21-10-11-22-19(20-3)23-13-15-6-8-16(9-7-15)24-12-4-5-17(24)25;/h6-9,14H,4-5,10-13H2,1-3H3,(H,21,26)(H2,20,22,23);1H. The second kappa shape index (κ2) is 11.8. The Bertz CT molecular complexity index is 646. The lowest BCUT2D eigenvalue weighted by molar-refractivity contribution is -0.124. The predicted octanol–water partition coefficient (Wildman–Crippen LogP) is 1.87. The van der Waals surface area contributed by atoms with Gasteiger partial charge in [-0.2, -0.15) is 0 Å². The lowest BCUT2D eigenvalue weighted by Gasteiger charge is -2.16. The summed E-state index contributed by atoms with van der Waals surface area (Å²) in [6, 6.07) is 8.00. The summed E-state index contributed by atoms with van der Waals surface area (Å²) in [6.07, 6.45) is 1.57. The number of halogens is 1. The quantitative estimate of drug-likeness (QED) is 0.237. The number of nitrogens with zero attached hydrogens (tertiary/aromatic N) is 2. The normalized spacial score (nSPS) is 14.1. The molecule has 0 unspecified atom stereocenters. The zero-order chi connectivity index (χ0) is 18.9. The molecule has 1 fully saturated rings. The maximum Gasteiger partial charge on any atom is 0.227 e. The third kappa shape index (κ3) is 7.36. The van der Waals surface area contributed by atoms with Crippen LogP contribution in [-0.4, -0.2) is 44.5 Å².